The summed E-state index contributed by atoms with van der Waals surface area (Å²) < 4.78 is 15.9. The molecule has 1 heterocycles. The van der Waals surface area contributed by atoms with Gasteiger partial charge in [0.05, 0.1) is 32.7 Å². The van der Waals surface area contributed by atoms with Gasteiger partial charge >= 0.3 is 0 Å². The molecule has 5 nitrogen and oxygen atoms in total. The maximum atomic E-state index is 5.31. The van der Waals surface area contributed by atoms with Gasteiger partial charge in [0.15, 0.2) is 11.5 Å². The monoisotopic (exact) mass is 260 g/mol. The third-order valence-electron chi connectivity index (χ3n) is 2.76. The van der Waals surface area contributed by atoms with Crippen molar-refractivity contribution in [2.45, 2.75) is 6.92 Å². The summed E-state index contributed by atoms with van der Waals surface area (Å²) in [4.78, 5) is 0. The molecule has 5 heteroatoms. The van der Waals surface area contributed by atoms with Crippen LogP contribution in [-0.4, -0.2) is 31.5 Å². The summed E-state index contributed by atoms with van der Waals surface area (Å²) in [6, 6.07) is 7.51. The lowest BCUT2D eigenvalue weighted by atomic mass is 10.1. The first kappa shape index (κ1) is 13.1. The van der Waals surface area contributed by atoms with Crippen molar-refractivity contribution >= 4 is 0 Å². The van der Waals surface area contributed by atoms with Gasteiger partial charge in [0.1, 0.15) is 0 Å². The normalized spacial score (nSPS) is 10.1. The van der Waals surface area contributed by atoms with Crippen LogP contribution in [0.4, 0.5) is 0 Å². The van der Waals surface area contributed by atoms with E-state index in [9.17, 15) is 0 Å². The number of methoxy groups -OCH3 is 3. The van der Waals surface area contributed by atoms with Gasteiger partial charge < -0.3 is 14.2 Å². The Labute approximate surface area is 112 Å². The Kier molecular flexibility index (Phi) is 3.85. The number of benzene rings is 1. The van der Waals surface area contributed by atoms with Gasteiger partial charge in [0, 0.05) is 5.56 Å². The van der Waals surface area contributed by atoms with Crippen molar-refractivity contribution in [3.8, 4) is 28.5 Å². The minimum absolute atomic E-state index is 0.564. The summed E-state index contributed by atoms with van der Waals surface area (Å²) in [5.41, 5.74) is 2.49. The zero-order valence-corrected chi connectivity index (χ0v) is 11.4. The first-order valence-electron chi connectivity index (χ1n) is 5.80. The van der Waals surface area contributed by atoms with Gasteiger partial charge in [-0.15, -0.1) is 0 Å². The lowest BCUT2D eigenvalue weighted by molar-refractivity contribution is 0.324. The Bertz CT molecular complexity index is 542. The van der Waals surface area contributed by atoms with Crippen LogP contribution in [0.15, 0.2) is 24.3 Å². The molecule has 0 saturated carbocycles. The Morgan fingerprint density at radius 2 is 1.47 bits per heavy atom. The first-order chi connectivity index (χ1) is 9.19. The number of hydrogen-bond donors (Lipinski definition) is 0. The second-order valence-electron chi connectivity index (χ2n) is 3.97. The molecule has 0 fully saturated rings. The van der Waals surface area contributed by atoms with Crippen LogP contribution in [0.25, 0.3) is 11.3 Å². The summed E-state index contributed by atoms with van der Waals surface area (Å²) in [5.74, 6) is 1.76. The van der Waals surface area contributed by atoms with E-state index in [1.807, 2.05) is 31.2 Å². The Morgan fingerprint density at radius 1 is 0.842 bits per heavy atom. The van der Waals surface area contributed by atoms with Gasteiger partial charge in [-0.25, -0.2) is 0 Å². The third kappa shape index (κ3) is 2.59. The molecule has 1 aromatic heterocycles. The van der Waals surface area contributed by atoms with Gasteiger partial charge in [0.2, 0.25) is 5.75 Å². The quantitative estimate of drug-likeness (QED) is 0.845. The van der Waals surface area contributed by atoms with Crippen LogP contribution in [-0.2, 0) is 0 Å². The van der Waals surface area contributed by atoms with Crippen LogP contribution >= 0.6 is 0 Å². The van der Waals surface area contributed by atoms with Crippen molar-refractivity contribution < 1.29 is 14.2 Å². The summed E-state index contributed by atoms with van der Waals surface area (Å²) in [6.45, 7) is 1.89. The average molecular weight is 260 g/mol. The lowest BCUT2D eigenvalue weighted by Crippen LogP contribution is -1.97. The number of aromatic nitrogens is 2. The highest BCUT2D eigenvalue weighted by atomic mass is 16.5. The van der Waals surface area contributed by atoms with Crippen LogP contribution in [0.5, 0.6) is 17.2 Å². The molecule has 19 heavy (non-hydrogen) atoms. The van der Waals surface area contributed by atoms with Crippen molar-refractivity contribution in [2.24, 2.45) is 0 Å². The van der Waals surface area contributed by atoms with Gasteiger partial charge in [0.25, 0.3) is 0 Å². The molecule has 0 unspecified atom stereocenters. The van der Waals surface area contributed by atoms with Crippen LogP contribution in [0.1, 0.15) is 5.69 Å². The number of rotatable bonds is 4. The molecule has 1 aromatic carbocycles. The van der Waals surface area contributed by atoms with E-state index in [1.54, 1.807) is 21.3 Å². The molecule has 2 aromatic rings. The summed E-state index contributed by atoms with van der Waals surface area (Å²) in [5, 5.41) is 8.20. The molecule has 0 atom stereocenters. The first-order valence-corrected chi connectivity index (χ1v) is 5.80. The topological polar surface area (TPSA) is 53.5 Å². The van der Waals surface area contributed by atoms with Crippen LogP contribution in [0, 0.1) is 6.92 Å². The maximum absolute atomic E-state index is 5.31. The van der Waals surface area contributed by atoms with E-state index in [4.69, 9.17) is 14.2 Å². The predicted molar refractivity (Wildman–Crippen MR) is 71.9 cm³/mol. The van der Waals surface area contributed by atoms with Crippen molar-refractivity contribution in [3.63, 3.8) is 0 Å². The standard InChI is InChI=1S/C14H16N2O3/c1-9-5-6-11(16-15-9)10-7-12(17-2)14(19-4)13(8-10)18-3/h5-8H,1-4H3. The van der Waals surface area contributed by atoms with Gasteiger partial charge in [-0.05, 0) is 31.2 Å². The number of nitrogens with zero attached hydrogens (tertiary/aromatic N) is 2. The van der Waals surface area contributed by atoms with E-state index < -0.39 is 0 Å². The van der Waals surface area contributed by atoms with E-state index in [0.29, 0.717) is 17.2 Å². The summed E-state index contributed by atoms with van der Waals surface area (Å²) in [6.07, 6.45) is 0. The fraction of sp³-hybridized carbons (Fsp3) is 0.286. The van der Waals surface area contributed by atoms with Crippen molar-refractivity contribution in [1.82, 2.24) is 10.2 Å². The van der Waals surface area contributed by atoms with Crippen LogP contribution < -0.4 is 14.2 Å². The summed E-state index contributed by atoms with van der Waals surface area (Å²) >= 11 is 0. The zero-order chi connectivity index (χ0) is 13.8. The molecule has 0 amide bonds. The largest absolute Gasteiger partial charge is 0.493 e. The van der Waals surface area contributed by atoms with E-state index in [0.717, 1.165) is 17.0 Å². The Morgan fingerprint density at radius 3 is 1.89 bits per heavy atom. The molecule has 100 valence electrons. The minimum atomic E-state index is 0.564. The maximum Gasteiger partial charge on any atom is 0.203 e. The second-order valence-corrected chi connectivity index (χ2v) is 3.97. The summed E-state index contributed by atoms with van der Waals surface area (Å²) in [7, 11) is 4.75. The number of hydrogen-bond acceptors (Lipinski definition) is 5. The lowest BCUT2D eigenvalue weighted by Gasteiger charge is -2.13. The molecule has 0 radical (unpaired) electrons. The molecule has 0 N–H and O–H groups in total. The Balaban J connectivity index is 2.55. The van der Waals surface area contributed by atoms with E-state index in [2.05, 4.69) is 10.2 Å². The highest BCUT2D eigenvalue weighted by molar-refractivity contribution is 5.68. The zero-order valence-electron chi connectivity index (χ0n) is 11.4. The third-order valence-corrected chi connectivity index (χ3v) is 2.76. The molecule has 0 bridgehead atoms. The number of ether oxygens (including phenoxy) is 3. The fourth-order valence-corrected chi connectivity index (χ4v) is 1.78. The number of aryl methyl sites for hydroxylation is 1. The smallest absolute Gasteiger partial charge is 0.203 e. The molecular weight excluding hydrogens is 244 g/mol. The van der Waals surface area contributed by atoms with Gasteiger partial charge in [-0.1, -0.05) is 0 Å². The highest BCUT2D eigenvalue weighted by Gasteiger charge is 2.14. The molecule has 0 aliphatic carbocycles. The second kappa shape index (κ2) is 5.56. The van der Waals surface area contributed by atoms with Crippen molar-refractivity contribution in [2.75, 3.05) is 21.3 Å². The van der Waals surface area contributed by atoms with Crippen LogP contribution in [0.2, 0.25) is 0 Å². The molecular formula is C14H16N2O3. The average Bonchev–Trinajstić information content (AvgIpc) is 2.46. The van der Waals surface area contributed by atoms with Gasteiger partial charge in [-0.2, -0.15) is 10.2 Å². The van der Waals surface area contributed by atoms with E-state index >= 15 is 0 Å². The SMILES string of the molecule is COc1cc(-c2ccc(C)nn2)cc(OC)c1OC. The van der Waals surface area contributed by atoms with Crippen LogP contribution in [0.3, 0.4) is 0 Å². The van der Waals surface area contributed by atoms with Crippen molar-refractivity contribution in [1.29, 1.82) is 0 Å². The molecule has 2 rings (SSSR count). The molecule has 0 spiro atoms. The van der Waals surface area contributed by atoms with E-state index in [1.165, 1.54) is 0 Å². The molecule has 0 saturated heterocycles. The van der Waals surface area contributed by atoms with Gasteiger partial charge in [-0.3, -0.25) is 0 Å². The fourth-order valence-electron chi connectivity index (χ4n) is 1.78. The van der Waals surface area contributed by atoms with E-state index in [-0.39, 0.29) is 0 Å². The van der Waals surface area contributed by atoms with Crippen molar-refractivity contribution in [3.05, 3.63) is 30.0 Å². The molecule has 0 aliphatic rings. The minimum Gasteiger partial charge on any atom is -0.493 e. The Hall–Kier alpha value is -2.30. The highest BCUT2D eigenvalue weighted by Crippen LogP contribution is 2.40. The predicted octanol–water partition coefficient (Wildman–Crippen LogP) is 2.48. The molecule has 0 aliphatic heterocycles.